The van der Waals surface area contributed by atoms with E-state index >= 15 is 0 Å². The molecule has 5 rings (SSSR count). The monoisotopic (exact) mass is 411 g/mol. The Balaban J connectivity index is 1.19. The van der Waals surface area contributed by atoms with Crippen LogP contribution in [0.3, 0.4) is 0 Å². The van der Waals surface area contributed by atoms with E-state index in [1.54, 1.807) is 27.8 Å². The van der Waals surface area contributed by atoms with Crippen molar-refractivity contribution in [3.05, 3.63) is 50.7 Å². The highest BCUT2D eigenvalue weighted by Crippen LogP contribution is 2.28. The molecule has 1 saturated heterocycles. The molecule has 2 aliphatic rings. The normalized spacial score (nSPS) is 18.1. The van der Waals surface area contributed by atoms with E-state index in [0.29, 0.717) is 18.3 Å². The molecule has 0 radical (unpaired) electrons. The van der Waals surface area contributed by atoms with Gasteiger partial charge in [0.1, 0.15) is 17.7 Å². The number of nitrogens with zero attached hydrogens (tertiary/aromatic N) is 7. The molecule has 0 atom stereocenters. The fraction of sp³-hybridized carbons (Fsp3) is 0.550. The molecular weight excluding hydrogens is 386 g/mol. The molecule has 1 fully saturated rings. The standard InChI is InChI=1S/C20H25N7OS/c28-20-6-5-18(27-14-21-13-22-27)24-26(20)11-15-7-9-25(10-8-15)12-19-23-16-3-1-2-4-17(16)29-19/h5-6,13-15H,1-4,7-12H2. The van der Waals surface area contributed by atoms with Gasteiger partial charge < -0.3 is 0 Å². The van der Waals surface area contributed by atoms with Crippen molar-refractivity contribution in [1.29, 1.82) is 0 Å². The van der Waals surface area contributed by atoms with Crippen LogP contribution in [0.15, 0.2) is 29.6 Å². The van der Waals surface area contributed by atoms with Crippen molar-refractivity contribution in [2.45, 2.75) is 51.6 Å². The van der Waals surface area contributed by atoms with E-state index in [1.807, 2.05) is 11.3 Å². The predicted molar refractivity (Wildman–Crippen MR) is 110 cm³/mol. The summed E-state index contributed by atoms with van der Waals surface area (Å²) >= 11 is 1.91. The van der Waals surface area contributed by atoms with Crippen LogP contribution in [0.1, 0.15) is 41.3 Å². The van der Waals surface area contributed by atoms with Crippen LogP contribution in [0.5, 0.6) is 0 Å². The zero-order valence-electron chi connectivity index (χ0n) is 16.4. The van der Waals surface area contributed by atoms with Crippen LogP contribution in [0.4, 0.5) is 0 Å². The van der Waals surface area contributed by atoms with Crippen LogP contribution in [-0.2, 0) is 25.9 Å². The van der Waals surface area contributed by atoms with E-state index in [-0.39, 0.29) is 5.56 Å². The highest BCUT2D eigenvalue weighted by molar-refractivity contribution is 7.11. The first-order valence-electron chi connectivity index (χ1n) is 10.4. The van der Waals surface area contributed by atoms with Gasteiger partial charge in [-0.15, -0.1) is 16.4 Å². The van der Waals surface area contributed by atoms with Gasteiger partial charge in [0.05, 0.1) is 12.2 Å². The van der Waals surface area contributed by atoms with Gasteiger partial charge in [-0.1, -0.05) is 0 Å². The molecule has 8 nitrogen and oxygen atoms in total. The minimum Gasteiger partial charge on any atom is -0.297 e. The molecule has 0 amide bonds. The third-order valence-electron chi connectivity index (χ3n) is 5.89. The van der Waals surface area contributed by atoms with Gasteiger partial charge in [-0.05, 0) is 63.6 Å². The van der Waals surface area contributed by atoms with Gasteiger partial charge in [-0.25, -0.2) is 19.3 Å². The second-order valence-corrected chi connectivity index (χ2v) is 9.12. The molecule has 0 bridgehead atoms. The lowest BCUT2D eigenvalue weighted by Crippen LogP contribution is -2.36. The predicted octanol–water partition coefficient (Wildman–Crippen LogP) is 2.07. The maximum atomic E-state index is 12.3. The lowest BCUT2D eigenvalue weighted by Gasteiger charge is -2.31. The van der Waals surface area contributed by atoms with E-state index in [4.69, 9.17) is 4.98 Å². The molecule has 0 saturated carbocycles. The summed E-state index contributed by atoms with van der Waals surface area (Å²) in [4.78, 5) is 25.1. The molecule has 1 aliphatic heterocycles. The van der Waals surface area contributed by atoms with E-state index < -0.39 is 0 Å². The van der Waals surface area contributed by atoms with Crippen molar-refractivity contribution in [3.63, 3.8) is 0 Å². The Labute approximate surface area is 173 Å². The Morgan fingerprint density at radius 3 is 2.79 bits per heavy atom. The highest BCUT2D eigenvalue weighted by atomic mass is 32.1. The molecule has 9 heteroatoms. The maximum Gasteiger partial charge on any atom is 0.266 e. The average molecular weight is 412 g/mol. The first-order valence-corrected chi connectivity index (χ1v) is 11.2. The Morgan fingerprint density at radius 1 is 1.14 bits per heavy atom. The van der Waals surface area contributed by atoms with Crippen molar-refractivity contribution >= 4 is 11.3 Å². The Bertz CT molecular complexity index is 994. The molecule has 4 heterocycles. The largest absolute Gasteiger partial charge is 0.297 e. The molecule has 0 aromatic carbocycles. The van der Waals surface area contributed by atoms with Crippen molar-refractivity contribution in [3.8, 4) is 5.82 Å². The minimum absolute atomic E-state index is 0.0651. The molecule has 3 aromatic rings. The molecule has 3 aromatic heterocycles. The quantitative estimate of drug-likeness (QED) is 0.639. The van der Waals surface area contributed by atoms with Crippen molar-refractivity contribution < 1.29 is 0 Å². The zero-order valence-corrected chi connectivity index (χ0v) is 17.2. The van der Waals surface area contributed by atoms with Crippen molar-refractivity contribution in [2.24, 2.45) is 5.92 Å². The summed E-state index contributed by atoms with van der Waals surface area (Å²) in [7, 11) is 0. The number of aromatic nitrogens is 6. The fourth-order valence-electron chi connectivity index (χ4n) is 4.25. The summed E-state index contributed by atoms with van der Waals surface area (Å²) in [6.07, 6.45) is 10.2. The van der Waals surface area contributed by atoms with E-state index in [2.05, 4.69) is 20.1 Å². The molecule has 1 aliphatic carbocycles. The number of aryl methyl sites for hydroxylation is 2. The average Bonchev–Trinajstić information content (AvgIpc) is 3.40. The van der Waals surface area contributed by atoms with Gasteiger partial charge in [0.2, 0.25) is 0 Å². The Morgan fingerprint density at radius 2 is 2.00 bits per heavy atom. The van der Waals surface area contributed by atoms with E-state index in [1.165, 1.54) is 41.2 Å². The van der Waals surface area contributed by atoms with Crippen LogP contribution in [0, 0.1) is 5.92 Å². The third-order valence-corrected chi connectivity index (χ3v) is 7.04. The molecule has 29 heavy (non-hydrogen) atoms. The molecule has 0 N–H and O–H groups in total. The van der Waals surface area contributed by atoms with Gasteiger partial charge in [-0.3, -0.25) is 9.69 Å². The topological polar surface area (TPSA) is 81.7 Å². The first kappa shape index (κ1) is 18.6. The van der Waals surface area contributed by atoms with E-state index in [9.17, 15) is 4.79 Å². The summed E-state index contributed by atoms with van der Waals surface area (Å²) in [5, 5.41) is 9.84. The summed E-state index contributed by atoms with van der Waals surface area (Å²) < 4.78 is 3.15. The van der Waals surface area contributed by atoms with Gasteiger partial charge in [0.25, 0.3) is 5.56 Å². The molecule has 0 unspecified atom stereocenters. The fourth-order valence-corrected chi connectivity index (χ4v) is 5.45. The lowest BCUT2D eigenvalue weighted by molar-refractivity contribution is 0.163. The van der Waals surface area contributed by atoms with Crippen LogP contribution < -0.4 is 5.56 Å². The second kappa shape index (κ2) is 8.16. The molecule has 152 valence electrons. The maximum absolute atomic E-state index is 12.3. The number of likely N-dealkylation sites (tertiary alicyclic amines) is 1. The Kier molecular flexibility index (Phi) is 5.24. The van der Waals surface area contributed by atoms with Gasteiger partial charge >= 0.3 is 0 Å². The van der Waals surface area contributed by atoms with Crippen molar-refractivity contribution in [1.82, 2.24) is 34.4 Å². The number of piperidine rings is 1. The minimum atomic E-state index is -0.0651. The third kappa shape index (κ3) is 4.16. The summed E-state index contributed by atoms with van der Waals surface area (Å²) in [5.74, 6) is 1.08. The number of thiazole rings is 1. The number of fused-ring (bicyclic) bond motifs is 1. The number of hydrogen-bond donors (Lipinski definition) is 0. The zero-order chi connectivity index (χ0) is 19.6. The lowest BCUT2D eigenvalue weighted by atomic mass is 9.97. The van der Waals surface area contributed by atoms with Gasteiger partial charge in [0, 0.05) is 17.5 Å². The van der Waals surface area contributed by atoms with E-state index in [0.717, 1.165) is 38.9 Å². The first-order chi connectivity index (χ1) is 14.2. The number of hydrogen-bond acceptors (Lipinski definition) is 7. The van der Waals surface area contributed by atoms with Gasteiger partial charge in [-0.2, -0.15) is 5.10 Å². The SMILES string of the molecule is O=c1ccc(-n2cncn2)nn1CC1CCN(Cc2nc3c(s2)CCCC3)CC1. The van der Waals surface area contributed by atoms with Crippen LogP contribution in [-0.4, -0.2) is 47.5 Å². The second-order valence-electron chi connectivity index (χ2n) is 7.96. The van der Waals surface area contributed by atoms with Crippen molar-refractivity contribution in [2.75, 3.05) is 13.1 Å². The smallest absolute Gasteiger partial charge is 0.266 e. The number of rotatable bonds is 5. The van der Waals surface area contributed by atoms with Crippen LogP contribution in [0.25, 0.3) is 5.82 Å². The van der Waals surface area contributed by atoms with Gasteiger partial charge in [0.15, 0.2) is 5.82 Å². The van der Waals surface area contributed by atoms with Crippen LogP contribution >= 0.6 is 11.3 Å². The summed E-state index contributed by atoms with van der Waals surface area (Å²) in [6, 6.07) is 3.24. The summed E-state index contributed by atoms with van der Waals surface area (Å²) in [6.45, 7) is 3.71. The molecule has 0 spiro atoms. The van der Waals surface area contributed by atoms with Crippen LogP contribution in [0.2, 0.25) is 0 Å². The molecular formula is C20H25N7OS. The Hall–Kier alpha value is -2.39. The summed E-state index contributed by atoms with van der Waals surface area (Å²) in [5.41, 5.74) is 1.29. The highest BCUT2D eigenvalue weighted by Gasteiger charge is 2.22.